The van der Waals surface area contributed by atoms with E-state index in [9.17, 15) is 4.79 Å². The highest BCUT2D eigenvalue weighted by Crippen LogP contribution is 2.31. The van der Waals surface area contributed by atoms with Gasteiger partial charge in [-0.3, -0.25) is 4.79 Å². The van der Waals surface area contributed by atoms with Gasteiger partial charge in [0.15, 0.2) is 5.82 Å². The molecule has 0 amide bonds. The molecule has 0 aliphatic heterocycles. The van der Waals surface area contributed by atoms with Crippen molar-refractivity contribution in [2.24, 2.45) is 18.9 Å². The molecule has 17 heavy (non-hydrogen) atoms. The zero-order valence-electron chi connectivity index (χ0n) is 9.83. The average molecular weight is 239 g/mol. The number of carboxylic acid groups (broad SMARTS) is 1. The van der Waals surface area contributed by atoms with E-state index < -0.39 is 5.97 Å². The van der Waals surface area contributed by atoms with E-state index in [2.05, 4.69) is 20.7 Å². The fourth-order valence-corrected chi connectivity index (χ4v) is 2.37. The molecule has 1 aliphatic carbocycles. The Morgan fingerprint density at radius 1 is 1.59 bits per heavy atom. The summed E-state index contributed by atoms with van der Waals surface area (Å²) in [6.07, 6.45) is 2.79. The van der Waals surface area contributed by atoms with Gasteiger partial charge in [-0.15, -0.1) is 10.2 Å². The molecule has 7 heteroatoms. The lowest BCUT2D eigenvalue weighted by molar-refractivity contribution is -0.142. The predicted molar refractivity (Wildman–Crippen MR) is 59.0 cm³/mol. The van der Waals surface area contributed by atoms with Crippen molar-refractivity contribution in [2.75, 3.05) is 6.54 Å². The van der Waals surface area contributed by atoms with Crippen molar-refractivity contribution < 1.29 is 9.90 Å². The fourth-order valence-electron chi connectivity index (χ4n) is 2.37. The number of rotatable bonds is 5. The summed E-state index contributed by atoms with van der Waals surface area (Å²) in [5.74, 6) is -0.00853. The third kappa shape index (κ3) is 3.00. The zero-order chi connectivity index (χ0) is 12.3. The van der Waals surface area contributed by atoms with E-state index in [0.29, 0.717) is 18.9 Å². The molecule has 1 aromatic heterocycles. The van der Waals surface area contributed by atoms with E-state index in [4.69, 9.17) is 5.11 Å². The number of carboxylic acids is 1. The van der Waals surface area contributed by atoms with Gasteiger partial charge in [0, 0.05) is 0 Å². The third-order valence-electron chi connectivity index (χ3n) is 3.22. The highest BCUT2D eigenvalue weighted by atomic mass is 16.4. The maximum atomic E-state index is 11.0. The molecule has 94 valence electrons. The number of hydrogen-bond acceptors (Lipinski definition) is 5. The predicted octanol–water partition coefficient (Wildman–Crippen LogP) is -0.199. The van der Waals surface area contributed by atoms with E-state index in [1.807, 2.05) is 0 Å². The molecular formula is C10H17N5O2. The van der Waals surface area contributed by atoms with Crippen LogP contribution in [-0.4, -0.2) is 37.8 Å². The average Bonchev–Trinajstić information content (AvgIpc) is 2.87. The minimum Gasteiger partial charge on any atom is -0.481 e. The monoisotopic (exact) mass is 239 g/mol. The SMILES string of the molecule is Cn1nnc(CNCC2CCCC2C(=O)O)n1. The van der Waals surface area contributed by atoms with Crippen molar-refractivity contribution in [3.8, 4) is 0 Å². The van der Waals surface area contributed by atoms with Gasteiger partial charge in [0.25, 0.3) is 0 Å². The van der Waals surface area contributed by atoms with Crippen molar-refractivity contribution in [2.45, 2.75) is 25.8 Å². The zero-order valence-corrected chi connectivity index (χ0v) is 9.83. The Bertz CT molecular complexity index is 392. The van der Waals surface area contributed by atoms with Gasteiger partial charge < -0.3 is 10.4 Å². The van der Waals surface area contributed by atoms with Gasteiger partial charge in [0.05, 0.1) is 19.5 Å². The summed E-state index contributed by atoms with van der Waals surface area (Å²) in [6.45, 7) is 1.24. The van der Waals surface area contributed by atoms with Crippen LogP contribution < -0.4 is 5.32 Å². The van der Waals surface area contributed by atoms with E-state index in [0.717, 1.165) is 19.3 Å². The van der Waals surface area contributed by atoms with Crippen LogP contribution in [0.15, 0.2) is 0 Å². The van der Waals surface area contributed by atoms with Crippen molar-refractivity contribution in [3.05, 3.63) is 5.82 Å². The Morgan fingerprint density at radius 3 is 3.06 bits per heavy atom. The van der Waals surface area contributed by atoms with Crippen LogP contribution in [-0.2, 0) is 18.4 Å². The molecule has 0 spiro atoms. The van der Waals surface area contributed by atoms with Crippen LogP contribution in [0.3, 0.4) is 0 Å². The summed E-state index contributed by atoms with van der Waals surface area (Å²) in [5.41, 5.74) is 0. The van der Waals surface area contributed by atoms with Crippen LogP contribution in [0.2, 0.25) is 0 Å². The molecule has 0 saturated heterocycles. The first kappa shape index (κ1) is 12.0. The molecule has 2 rings (SSSR count). The van der Waals surface area contributed by atoms with Gasteiger partial charge in [-0.1, -0.05) is 6.42 Å². The molecule has 0 aromatic carbocycles. The fraction of sp³-hybridized carbons (Fsp3) is 0.800. The van der Waals surface area contributed by atoms with Gasteiger partial charge in [0.2, 0.25) is 0 Å². The molecule has 7 nitrogen and oxygen atoms in total. The highest BCUT2D eigenvalue weighted by Gasteiger charge is 2.32. The first-order valence-corrected chi connectivity index (χ1v) is 5.83. The minimum absolute atomic E-state index is 0.197. The second kappa shape index (κ2) is 5.22. The molecular weight excluding hydrogens is 222 g/mol. The van der Waals surface area contributed by atoms with Crippen LogP contribution in [0.1, 0.15) is 25.1 Å². The van der Waals surface area contributed by atoms with Crippen LogP contribution >= 0.6 is 0 Å². The lowest BCUT2D eigenvalue weighted by Gasteiger charge is -2.15. The van der Waals surface area contributed by atoms with Gasteiger partial charge in [-0.05, 0) is 30.5 Å². The van der Waals surface area contributed by atoms with Crippen LogP contribution in [0, 0.1) is 11.8 Å². The largest absolute Gasteiger partial charge is 0.481 e. The Labute approximate surface area is 99.2 Å². The number of aliphatic carboxylic acids is 1. The van der Waals surface area contributed by atoms with Gasteiger partial charge in [-0.25, -0.2) is 0 Å². The number of nitrogens with one attached hydrogen (secondary N) is 1. The van der Waals surface area contributed by atoms with Crippen molar-refractivity contribution in [1.82, 2.24) is 25.5 Å². The summed E-state index contributed by atoms with van der Waals surface area (Å²) in [4.78, 5) is 12.4. The first-order chi connectivity index (χ1) is 8.16. The molecule has 1 fully saturated rings. The van der Waals surface area contributed by atoms with Crippen LogP contribution in [0.4, 0.5) is 0 Å². The Hall–Kier alpha value is -1.50. The van der Waals surface area contributed by atoms with E-state index >= 15 is 0 Å². The molecule has 1 aliphatic rings. The van der Waals surface area contributed by atoms with Crippen LogP contribution in [0.5, 0.6) is 0 Å². The summed E-state index contributed by atoms with van der Waals surface area (Å²) in [7, 11) is 1.72. The summed E-state index contributed by atoms with van der Waals surface area (Å²) in [6, 6.07) is 0. The van der Waals surface area contributed by atoms with Crippen LogP contribution in [0.25, 0.3) is 0 Å². The Balaban J connectivity index is 1.76. The minimum atomic E-state index is -0.674. The van der Waals surface area contributed by atoms with E-state index in [-0.39, 0.29) is 11.8 Å². The normalized spacial score (nSPS) is 24.1. The standard InChI is InChI=1S/C10H17N5O2/c1-15-13-9(12-14-15)6-11-5-7-3-2-4-8(7)10(16)17/h7-8,11H,2-6H2,1H3,(H,16,17). The lowest BCUT2D eigenvalue weighted by atomic mass is 9.96. The maximum absolute atomic E-state index is 11.0. The smallest absolute Gasteiger partial charge is 0.306 e. The summed E-state index contributed by atoms with van der Waals surface area (Å²) in [5, 5.41) is 23.9. The van der Waals surface area contributed by atoms with E-state index in [1.165, 1.54) is 4.80 Å². The number of tetrazole rings is 1. The number of aromatic nitrogens is 4. The van der Waals surface area contributed by atoms with Gasteiger partial charge >= 0.3 is 5.97 Å². The second-order valence-electron chi connectivity index (χ2n) is 4.46. The number of carbonyl (C=O) groups is 1. The molecule has 2 unspecified atom stereocenters. The van der Waals surface area contributed by atoms with Gasteiger partial charge in [0.1, 0.15) is 0 Å². The molecule has 1 saturated carbocycles. The number of aryl methyl sites for hydroxylation is 1. The summed E-state index contributed by atoms with van der Waals surface area (Å²) >= 11 is 0. The summed E-state index contributed by atoms with van der Waals surface area (Å²) < 4.78 is 0. The number of hydrogen-bond donors (Lipinski definition) is 2. The molecule has 2 atom stereocenters. The van der Waals surface area contributed by atoms with Gasteiger partial charge in [-0.2, -0.15) is 4.80 Å². The van der Waals surface area contributed by atoms with Crippen molar-refractivity contribution >= 4 is 5.97 Å². The first-order valence-electron chi connectivity index (χ1n) is 5.83. The lowest BCUT2D eigenvalue weighted by Crippen LogP contribution is -2.29. The van der Waals surface area contributed by atoms with Crippen molar-refractivity contribution in [3.63, 3.8) is 0 Å². The highest BCUT2D eigenvalue weighted by molar-refractivity contribution is 5.70. The molecule has 1 aromatic rings. The second-order valence-corrected chi connectivity index (χ2v) is 4.46. The Morgan fingerprint density at radius 2 is 2.41 bits per heavy atom. The topological polar surface area (TPSA) is 92.9 Å². The molecule has 1 heterocycles. The quantitative estimate of drug-likeness (QED) is 0.739. The third-order valence-corrected chi connectivity index (χ3v) is 3.22. The molecule has 0 bridgehead atoms. The maximum Gasteiger partial charge on any atom is 0.306 e. The van der Waals surface area contributed by atoms with E-state index in [1.54, 1.807) is 7.05 Å². The number of nitrogens with zero attached hydrogens (tertiary/aromatic N) is 4. The van der Waals surface area contributed by atoms with Crippen molar-refractivity contribution in [1.29, 1.82) is 0 Å². The molecule has 2 N–H and O–H groups in total. The molecule has 0 radical (unpaired) electrons. The Kier molecular flexibility index (Phi) is 3.68.